The Bertz CT molecular complexity index is 894. The quantitative estimate of drug-likeness (QED) is 0.504. The molecule has 7 nitrogen and oxygen atoms in total. The van der Waals surface area contributed by atoms with Crippen molar-refractivity contribution in [3.8, 4) is 0 Å². The highest BCUT2D eigenvalue weighted by molar-refractivity contribution is 5.88. The number of nitrogens with one attached hydrogen (secondary N) is 1. The summed E-state index contributed by atoms with van der Waals surface area (Å²) in [5.41, 5.74) is 2.22. The molecule has 0 unspecified atom stereocenters. The van der Waals surface area contributed by atoms with E-state index in [1.165, 1.54) is 11.0 Å². The number of hydrogen-bond donors (Lipinski definition) is 1. The molecule has 0 saturated carbocycles. The molecule has 0 aliphatic rings. The predicted molar refractivity (Wildman–Crippen MR) is 116 cm³/mol. The molecule has 0 heterocycles. The normalized spacial score (nSPS) is 11.8. The standard InChI is InChI=1S/C23H29N3O4/c1-16(2)14-24-23(28)18(4)25(15-19-11-9-17(3)10-12-19)22(27)13-20-7-5-6-8-21(20)26(29)30/h5-12,16,18H,13-15H2,1-4H3,(H,24,28)/t18-/m0/s1. The molecule has 2 amide bonds. The lowest BCUT2D eigenvalue weighted by molar-refractivity contribution is -0.385. The zero-order chi connectivity index (χ0) is 22.3. The van der Waals surface area contributed by atoms with Crippen LogP contribution in [0.25, 0.3) is 0 Å². The van der Waals surface area contributed by atoms with E-state index in [0.717, 1.165) is 11.1 Å². The molecule has 7 heteroatoms. The van der Waals surface area contributed by atoms with Crippen molar-refractivity contribution >= 4 is 17.5 Å². The van der Waals surface area contributed by atoms with Gasteiger partial charge in [0.05, 0.1) is 11.3 Å². The fraction of sp³-hybridized carbons (Fsp3) is 0.391. The van der Waals surface area contributed by atoms with Gasteiger partial charge in [0, 0.05) is 24.7 Å². The lowest BCUT2D eigenvalue weighted by atomic mass is 10.1. The van der Waals surface area contributed by atoms with Gasteiger partial charge in [-0.1, -0.05) is 61.9 Å². The number of carbonyl (C=O) groups excluding carboxylic acids is 2. The van der Waals surface area contributed by atoms with E-state index >= 15 is 0 Å². The summed E-state index contributed by atoms with van der Waals surface area (Å²) in [7, 11) is 0. The molecular formula is C23H29N3O4. The number of nitro benzene ring substituents is 1. The van der Waals surface area contributed by atoms with Crippen LogP contribution in [0.1, 0.15) is 37.5 Å². The van der Waals surface area contributed by atoms with Crippen LogP contribution in [0, 0.1) is 23.0 Å². The number of carbonyl (C=O) groups is 2. The van der Waals surface area contributed by atoms with Crippen LogP contribution in [0.2, 0.25) is 0 Å². The van der Waals surface area contributed by atoms with Crippen molar-refractivity contribution in [2.24, 2.45) is 5.92 Å². The molecular weight excluding hydrogens is 382 g/mol. The zero-order valence-corrected chi connectivity index (χ0v) is 17.9. The maximum atomic E-state index is 13.2. The van der Waals surface area contributed by atoms with Crippen molar-refractivity contribution in [2.45, 2.75) is 46.7 Å². The first-order chi connectivity index (χ1) is 14.2. The van der Waals surface area contributed by atoms with Crippen LogP contribution in [-0.4, -0.2) is 34.2 Å². The minimum absolute atomic E-state index is 0.0990. The molecule has 0 saturated heterocycles. The van der Waals surface area contributed by atoms with E-state index in [9.17, 15) is 19.7 Å². The topological polar surface area (TPSA) is 92.6 Å². The molecule has 160 valence electrons. The minimum Gasteiger partial charge on any atom is -0.354 e. The fourth-order valence-corrected chi connectivity index (χ4v) is 3.03. The van der Waals surface area contributed by atoms with E-state index < -0.39 is 11.0 Å². The molecule has 0 radical (unpaired) electrons. The van der Waals surface area contributed by atoms with E-state index in [-0.39, 0.29) is 36.4 Å². The van der Waals surface area contributed by atoms with Gasteiger partial charge in [-0.25, -0.2) is 0 Å². The summed E-state index contributed by atoms with van der Waals surface area (Å²) in [5, 5.41) is 14.2. The van der Waals surface area contributed by atoms with E-state index in [1.54, 1.807) is 25.1 Å². The molecule has 0 bridgehead atoms. The third-order valence-electron chi connectivity index (χ3n) is 4.86. The second-order valence-corrected chi connectivity index (χ2v) is 7.88. The number of para-hydroxylation sites is 1. The maximum absolute atomic E-state index is 13.2. The predicted octanol–water partition coefficient (Wildman–Crippen LogP) is 3.64. The Balaban J connectivity index is 2.27. The largest absolute Gasteiger partial charge is 0.354 e. The summed E-state index contributed by atoms with van der Waals surface area (Å²) < 4.78 is 0. The van der Waals surface area contributed by atoms with Gasteiger partial charge in [-0.15, -0.1) is 0 Å². The van der Waals surface area contributed by atoms with E-state index in [1.807, 2.05) is 45.0 Å². The number of nitro groups is 1. The van der Waals surface area contributed by atoms with Crippen LogP contribution >= 0.6 is 0 Å². The van der Waals surface area contributed by atoms with Gasteiger partial charge in [-0.3, -0.25) is 19.7 Å². The lowest BCUT2D eigenvalue weighted by Gasteiger charge is -2.29. The maximum Gasteiger partial charge on any atom is 0.273 e. The van der Waals surface area contributed by atoms with Gasteiger partial charge in [0.2, 0.25) is 11.8 Å². The van der Waals surface area contributed by atoms with Gasteiger partial charge in [-0.05, 0) is 25.3 Å². The zero-order valence-electron chi connectivity index (χ0n) is 17.9. The number of nitrogens with zero attached hydrogens (tertiary/aromatic N) is 2. The van der Waals surface area contributed by atoms with Crippen LogP contribution in [0.3, 0.4) is 0 Å². The van der Waals surface area contributed by atoms with Gasteiger partial charge >= 0.3 is 0 Å². The Labute approximate surface area is 177 Å². The number of aryl methyl sites for hydroxylation is 1. The van der Waals surface area contributed by atoms with Gasteiger partial charge in [0.15, 0.2) is 0 Å². The average Bonchev–Trinajstić information content (AvgIpc) is 2.71. The number of rotatable bonds is 9. The van der Waals surface area contributed by atoms with Gasteiger partial charge < -0.3 is 10.2 Å². The summed E-state index contributed by atoms with van der Waals surface area (Å²) in [6.07, 6.45) is -0.148. The van der Waals surface area contributed by atoms with Gasteiger partial charge in [0.25, 0.3) is 5.69 Å². The number of hydrogen-bond acceptors (Lipinski definition) is 4. The van der Waals surface area contributed by atoms with E-state index in [4.69, 9.17) is 0 Å². The van der Waals surface area contributed by atoms with Gasteiger partial charge in [0.1, 0.15) is 6.04 Å². The first-order valence-corrected chi connectivity index (χ1v) is 10.0. The second-order valence-electron chi connectivity index (χ2n) is 7.88. The number of amides is 2. The van der Waals surface area contributed by atoms with Crippen molar-refractivity contribution < 1.29 is 14.5 Å². The van der Waals surface area contributed by atoms with Crippen LogP contribution in [0.5, 0.6) is 0 Å². The molecule has 1 atom stereocenters. The SMILES string of the molecule is Cc1ccc(CN(C(=O)Cc2ccccc2[N+](=O)[O-])[C@@H](C)C(=O)NCC(C)C)cc1. The Kier molecular flexibility index (Phi) is 8.09. The molecule has 0 aliphatic heterocycles. The minimum atomic E-state index is -0.708. The molecule has 2 aromatic rings. The third kappa shape index (κ3) is 6.40. The highest BCUT2D eigenvalue weighted by atomic mass is 16.6. The highest BCUT2D eigenvalue weighted by Crippen LogP contribution is 2.20. The highest BCUT2D eigenvalue weighted by Gasteiger charge is 2.27. The Morgan fingerprint density at radius 2 is 1.70 bits per heavy atom. The van der Waals surface area contributed by atoms with Crippen molar-refractivity contribution in [3.63, 3.8) is 0 Å². The summed E-state index contributed by atoms with van der Waals surface area (Å²) in [6.45, 7) is 8.41. The van der Waals surface area contributed by atoms with Crippen molar-refractivity contribution in [1.29, 1.82) is 0 Å². The molecule has 0 aromatic heterocycles. The van der Waals surface area contributed by atoms with E-state index in [0.29, 0.717) is 12.1 Å². The summed E-state index contributed by atoms with van der Waals surface area (Å²) in [5.74, 6) is -0.293. The van der Waals surface area contributed by atoms with Crippen molar-refractivity contribution in [3.05, 3.63) is 75.3 Å². The van der Waals surface area contributed by atoms with Gasteiger partial charge in [-0.2, -0.15) is 0 Å². The molecule has 1 N–H and O–H groups in total. The van der Waals surface area contributed by atoms with Crippen LogP contribution in [-0.2, 0) is 22.6 Å². The Morgan fingerprint density at radius 1 is 1.07 bits per heavy atom. The van der Waals surface area contributed by atoms with E-state index in [2.05, 4.69) is 5.32 Å². The summed E-state index contributed by atoms with van der Waals surface area (Å²) in [6, 6.07) is 13.2. The molecule has 2 rings (SSSR count). The van der Waals surface area contributed by atoms with Crippen LogP contribution in [0.15, 0.2) is 48.5 Å². The first-order valence-electron chi connectivity index (χ1n) is 10.0. The average molecular weight is 412 g/mol. The Morgan fingerprint density at radius 3 is 2.30 bits per heavy atom. The Hall–Kier alpha value is -3.22. The molecule has 0 fully saturated rings. The monoisotopic (exact) mass is 411 g/mol. The van der Waals surface area contributed by atoms with Crippen molar-refractivity contribution in [1.82, 2.24) is 10.2 Å². The molecule has 30 heavy (non-hydrogen) atoms. The molecule has 0 spiro atoms. The van der Waals surface area contributed by atoms with Crippen LogP contribution in [0.4, 0.5) is 5.69 Å². The van der Waals surface area contributed by atoms with Crippen molar-refractivity contribution in [2.75, 3.05) is 6.54 Å². The third-order valence-corrected chi connectivity index (χ3v) is 4.86. The second kappa shape index (κ2) is 10.5. The molecule has 0 aliphatic carbocycles. The van der Waals surface area contributed by atoms with Crippen LogP contribution < -0.4 is 5.32 Å². The summed E-state index contributed by atoms with van der Waals surface area (Å²) >= 11 is 0. The first kappa shape index (κ1) is 23.1. The fourth-order valence-electron chi connectivity index (χ4n) is 3.03. The smallest absolute Gasteiger partial charge is 0.273 e. The summed E-state index contributed by atoms with van der Waals surface area (Å²) in [4.78, 5) is 38.1. The number of benzene rings is 2. The molecule has 2 aromatic carbocycles. The lowest BCUT2D eigenvalue weighted by Crippen LogP contribution is -2.48.